The molecule has 0 saturated heterocycles. The number of hydrogen-bond acceptors (Lipinski definition) is 3. The average molecular weight is 293 g/mol. The number of esters is 1. The highest BCUT2D eigenvalue weighted by Crippen LogP contribution is 2.39. The predicted octanol–water partition coefficient (Wildman–Crippen LogP) is 4.00. The van der Waals surface area contributed by atoms with Crippen molar-refractivity contribution in [2.24, 2.45) is 11.8 Å². The maximum Gasteiger partial charge on any atom is 0.331 e. The van der Waals surface area contributed by atoms with Gasteiger partial charge in [-0.1, -0.05) is 26.3 Å². The minimum atomic E-state index is -0.740. The summed E-state index contributed by atoms with van der Waals surface area (Å²) in [7, 11) is 1.41. The highest BCUT2D eigenvalue weighted by Gasteiger charge is 2.44. The molecule has 0 aliphatic heterocycles. The average Bonchev–Trinajstić information content (AvgIpc) is 2.46. The highest BCUT2D eigenvalue weighted by atomic mass is 19.1. The van der Waals surface area contributed by atoms with E-state index in [0.29, 0.717) is 17.5 Å². The number of halogens is 1. The summed E-state index contributed by atoms with van der Waals surface area (Å²) in [6.07, 6.45) is 3.55. The van der Waals surface area contributed by atoms with E-state index < -0.39 is 5.54 Å². The number of carbonyl (C=O) groups is 1. The molecule has 1 aromatic carbocycles. The summed E-state index contributed by atoms with van der Waals surface area (Å²) < 4.78 is 18.4. The lowest BCUT2D eigenvalue weighted by atomic mass is 9.71. The Balaban J connectivity index is 2.27. The van der Waals surface area contributed by atoms with Gasteiger partial charge in [0.05, 0.1) is 7.11 Å². The van der Waals surface area contributed by atoms with Crippen molar-refractivity contribution in [2.45, 2.75) is 45.1 Å². The van der Waals surface area contributed by atoms with Gasteiger partial charge in [0.25, 0.3) is 0 Å². The number of nitrogens with one attached hydrogen (secondary N) is 1. The lowest BCUT2D eigenvalue weighted by Crippen LogP contribution is -2.51. The molecule has 4 heteroatoms. The number of methoxy groups -OCH3 is 1. The molecule has 21 heavy (non-hydrogen) atoms. The van der Waals surface area contributed by atoms with Gasteiger partial charge in [-0.25, -0.2) is 9.18 Å². The van der Waals surface area contributed by atoms with Crippen LogP contribution < -0.4 is 5.32 Å². The normalized spacial score (nSPS) is 25.7. The SMILES string of the molecule is COC(=O)C1(Nc2cccc(F)c2)CCCC(C(C)C)C1. The summed E-state index contributed by atoms with van der Waals surface area (Å²) in [6.45, 7) is 4.36. The van der Waals surface area contributed by atoms with E-state index in [0.717, 1.165) is 25.7 Å². The Kier molecular flexibility index (Phi) is 4.86. The topological polar surface area (TPSA) is 38.3 Å². The van der Waals surface area contributed by atoms with Gasteiger partial charge in [0.1, 0.15) is 11.4 Å². The fraction of sp³-hybridized carbons (Fsp3) is 0.588. The van der Waals surface area contributed by atoms with Crippen molar-refractivity contribution in [1.29, 1.82) is 0 Å². The standard InChI is InChI=1S/C17H24FNO2/c1-12(2)13-6-5-9-17(11-13,16(20)21-3)19-15-8-4-7-14(18)10-15/h4,7-8,10,12-13,19H,5-6,9,11H2,1-3H3. The van der Waals surface area contributed by atoms with Gasteiger partial charge in [0.15, 0.2) is 0 Å². The molecule has 1 aliphatic carbocycles. The van der Waals surface area contributed by atoms with Crippen LogP contribution in [0.5, 0.6) is 0 Å². The van der Waals surface area contributed by atoms with Crippen LogP contribution in [0.15, 0.2) is 24.3 Å². The third-order valence-electron chi connectivity index (χ3n) is 4.52. The second-order valence-electron chi connectivity index (χ2n) is 6.31. The Labute approximate surface area is 125 Å². The maximum absolute atomic E-state index is 13.4. The maximum atomic E-state index is 13.4. The van der Waals surface area contributed by atoms with E-state index in [1.807, 2.05) is 0 Å². The van der Waals surface area contributed by atoms with E-state index in [2.05, 4.69) is 19.2 Å². The van der Waals surface area contributed by atoms with E-state index in [1.54, 1.807) is 12.1 Å². The Bertz CT molecular complexity index is 503. The predicted molar refractivity (Wildman–Crippen MR) is 81.6 cm³/mol. The van der Waals surface area contributed by atoms with Gasteiger partial charge in [-0.2, -0.15) is 0 Å². The molecule has 2 unspecified atom stereocenters. The molecule has 2 atom stereocenters. The van der Waals surface area contributed by atoms with Gasteiger partial charge in [0, 0.05) is 5.69 Å². The first-order valence-corrected chi connectivity index (χ1v) is 7.59. The van der Waals surface area contributed by atoms with Crippen molar-refractivity contribution in [3.63, 3.8) is 0 Å². The van der Waals surface area contributed by atoms with Crippen LogP contribution >= 0.6 is 0 Å². The summed E-state index contributed by atoms with van der Waals surface area (Å²) in [4.78, 5) is 12.4. The van der Waals surface area contributed by atoms with Gasteiger partial charge in [0.2, 0.25) is 0 Å². The fourth-order valence-electron chi connectivity index (χ4n) is 3.27. The van der Waals surface area contributed by atoms with Crippen molar-refractivity contribution in [3.8, 4) is 0 Å². The third kappa shape index (κ3) is 3.55. The number of anilines is 1. The summed E-state index contributed by atoms with van der Waals surface area (Å²) in [6, 6.07) is 6.25. The molecule has 0 bridgehead atoms. The second-order valence-corrected chi connectivity index (χ2v) is 6.31. The van der Waals surface area contributed by atoms with Crippen LogP contribution in [0.2, 0.25) is 0 Å². The van der Waals surface area contributed by atoms with Gasteiger partial charge < -0.3 is 10.1 Å². The number of benzene rings is 1. The van der Waals surface area contributed by atoms with Gasteiger partial charge in [-0.15, -0.1) is 0 Å². The zero-order chi connectivity index (χ0) is 15.5. The quantitative estimate of drug-likeness (QED) is 0.853. The van der Waals surface area contributed by atoms with E-state index >= 15 is 0 Å². The molecule has 1 saturated carbocycles. The molecular weight excluding hydrogens is 269 g/mol. The summed E-state index contributed by atoms with van der Waals surface area (Å²) in [5.41, 5.74) is -0.111. The lowest BCUT2D eigenvalue weighted by molar-refractivity contribution is -0.148. The minimum absolute atomic E-state index is 0.253. The molecule has 1 aliphatic rings. The Morgan fingerprint density at radius 1 is 1.48 bits per heavy atom. The van der Waals surface area contributed by atoms with E-state index in [4.69, 9.17) is 4.74 Å². The number of carbonyl (C=O) groups excluding carboxylic acids is 1. The first-order valence-electron chi connectivity index (χ1n) is 7.59. The number of hydrogen-bond donors (Lipinski definition) is 1. The van der Waals surface area contributed by atoms with Gasteiger partial charge >= 0.3 is 5.97 Å². The van der Waals surface area contributed by atoms with Crippen LogP contribution in [0.4, 0.5) is 10.1 Å². The second kappa shape index (κ2) is 6.46. The zero-order valence-corrected chi connectivity index (χ0v) is 13.0. The van der Waals surface area contributed by atoms with Crippen molar-refractivity contribution in [3.05, 3.63) is 30.1 Å². The zero-order valence-electron chi connectivity index (χ0n) is 13.0. The van der Waals surface area contributed by atoms with E-state index in [9.17, 15) is 9.18 Å². The van der Waals surface area contributed by atoms with Crippen molar-refractivity contribution in [1.82, 2.24) is 0 Å². The van der Waals surface area contributed by atoms with Crippen LogP contribution in [0.25, 0.3) is 0 Å². The monoisotopic (exact) mass is 293 g/mol. The summed E-state index contributed by atoms with van der Waals surface area (Å²) >= 11 is 0. The molecule has 1 aromatic rings. The first-order chi connectivity index (χ1) is 9.97. The first kappa shape index (κ1) is 15.8. The van der Waals surface area contributed by atoms with E-state index in [1.165, 1.54) is 19.2 Å². The van der Waals surface area contributed by atoms with Crippen molar-refractivity contribution < 1.29 is 13.9 Å². The molecule has 1 N–H and O–H groups in total. The number of rotatable bonds is 4. The Morgan fingerprint density at radius 2 is 2.24 bits per heavy atom. The molecule has 116 valence electrons. The van der Waals surface area contributed by atoms with Crippen molar-refractivity contribution >= 4 is 11.7 Å². The van der Waals surface area contributed by atoms with E-state index in [-0.39, 0.29) is 11.8 Å². The van der Waals surface area contributed by atoms with Crippen LogP contribution in [-0.2, 0) is 9.53 Å². The van der Waals surface area contributed by atoms with Crippen LogP contribution in [0.1, 0.15) is 39.5 Å². The molecular formula is C17H24FNO2. The van der Waals surface area contributed by atoms with Gasteiger partial charge in [-0.05, 0) is 49.3 Å². The Morgan fingerprint density at radius 3 is 2.86 bits per heavy atom. The third-order valence-corrected chi connectivity index (χ3v) is 4.52. The van der Waals surface area contributed by atoms with Crippen molar-refractivity contribution in [2.75, 3.05) is 12.4 Å². The molecule has 2 rings (SSSR count). The van der Waals surface area contributed by atoms with Crippen LogP contribution in [-0.4, -0.2) is 18.6 Å². The summed E-state index contributed by atoms with van der Waals surface area (Å²) in [5.74, 6) is 0.427. The smallest absolute Gasteiger partial charge is 0.331 e. The highest BCUT2D eigenvalue weighted by molar-refractivity contribution is 5.84. The number of ether oxygens (including phenoxy) is 1. The van der Waals surface area contributed by atoms with Crippen LogP contribution in [0.3, 0.4) is 0 Å². The van der Waals surface area contributed by atoms with Crippen LogP contribution in [0, 0.1) is 17.7 Å². The molecule has 0 amide bonds. The molecule has 0 aromatic heterocycles. The Hall–Kier alpha value is -1.58. The summed E-state index contributed by atoms with van der Waals surface area (Å²) in [5, 5.41) is 3.26. The lowest BCUT2D eigenvalue weighted by Gasteiger charge is -2.41. The molecule has 3 nitrogen and oxygen atoms in total. The fourth-order valence-corrected chi connectivity index (χ4v) is 3.27. The largest absolute Gasteiger partial charge is 0.467 e. The van der Waals surface area contributed by atoms with Gasteiger partial charge in [-0.3, -0.25) is 0 Å². The molecule has 0 radical (unpaired) electrons. The minimum Gasteiger partial charge on any atom is -0.467 e. The molecule has 0 spiro atoms. The molecule has 0 heterocycles. The molecule has 1 fully saturated rings.